The van der Waals surface area contributed by atoms with Crippen LogP contribution in [0.15, 0.2) is 182 Å². The molecule has 20 nitrogen and oxygen atoms in total. The normalized spacial score (nSPS) is 10.8. The van der Waals surface area contributed by atoms with E-state index in [1.165, 1.54) is 0 Å². The number of aromatic nitrogens is 12. The number of hydrogen-bond donors (Lipinski definition) is 1. The second kappa shape index (κ2) is 27.7. The summed E-state index contributed by atoms with van der Waals surface area (Å²) in [5.74, 6) is 1.94. The van der Waals surface area contributed by atoms with Gasteiger partial charge in [0, 0.05) is 16.7 Å². The fourth-order valence-corrected chi connectivity index (χ4v) is 10.2. The molecule has 0 bridgehead atoms. The Morgan fingerprint density at radius 1 is 0.465 bits per heavy atom. The van der Waals surface area contributed by atoms with E-state index in [-0.39, 0.29) is 46.4 Å². The van der Waals surface area contributed by atoms with E-state index < -0.39 is 5.97 Å². The van der Waals surface area contributed by atoms with Gasteiger partial charge in [-0.15, -0.1) is 10.2 Å². The maximum Gasteiger partial charge on any atom is 1.00 e. The molecule has 0 aliphatic rings. The van der Waals surface area contributed by atoms with Gasteiger partial charge in [0.15, 0.2) is 17.4 Å². The number of carbonyl (C=O) groups is 2. The van der Waals surface area contributed by atoms with Crippen LogP contribution < -0.4 is 48.5 Å². The summed E-state index contributed by atoms with van der Waals surface area (Å²) in [5.41, 5.74) is 13.5. The van der Waals surface area contributed by atoms with Crippen LogP contribution in [0, 0.1) is 0 Å². The number of carbonyl (C=O) groups excluding carboxylic acids is 1. The second-order valence-corrected chi connectivity index (χ2v) is 19.5. The first-order chi connectivity index (χ1) is 41.1. The molecule has 4 aromatic heterocycles. The van der Waals surface area contributed by atoms with Gasteiger partial charge in [0.05, 0.1) is 81.2 Å². The third-order valence-corrected chi connectivity index (χ3v) is 14.2. The van der Waals surface area contributed by atoms with E-state index in [9.17, 15) is 14.7 Å². The Morgan fingerprint density at radius 3 is 1.22 bits per heavy atom. The molecule has 86 heavy (non-hydrogen) atoms. The number of ether oxygens (including phenoxy) is 4. The van der Waals surface area contributed by atoms with Gasteiger partial charge in [-0.05, 0) is 135 Å². The standard InChI is InChI=1S/C33H30N6O3.C32H28N6O4.Na.H2O/c1-4-42-33-34-30-11-7-10-27(22(2)40)31(30)38(33)20-23-12-16-25(17-13-23)28-8-5-6-9-29(28)32-35-36-37-39(32)21-24-14-18-26(41-3)19-15-24;1-3-42-32-33-28-10-6-9-27(31(39)40)29(28)37(32)19-21-11-15-23(16-12-21)25-7-4-5-8-26(25)30-34-35-36-38(30)20-22-13-17-24(41-2)18-14-22;;/h5-19H,4,20-21H2,1-3H3;4-18H,3,19-20H2,1-2H3,(H,39,40);;1H2/q;;+1;/p-1. The quantitative estimate of drug-likeness (QED) is 0.0556. The fourth-order valence-electron chi connectivity index (χ4n) is 10.2. The van der Waals surface area contributed by atoms with Gasteiger partial charge in [0.1, 0.15) is 11.5 Å². The Morgan fingerprint density at radius 2 is 0.837 bits per heavy atom. The van der Waals surface area contributed by atoms with Crippen molar-refractivity contribution in [3.63, 3.8) is 0 Å². The Kier molecular flexibility index (Phi) is 19.5. The van der Waals surface area contributed by atoms with Crippen molar-refractivity contribution in [3.05, 3.63) is 215 Å². The van der Waals surface area contributed by atoms with Gasteiger partial charge in [-0.1, -0.05) is 133 Å². The van der Waals surface area contributed by atoms with Crippen molar-refractivity contribution in [3.8, 4) is 68.5 Å². The molecule has 4 heterocycles. The number of methoxy groups -OCH3 is 2. The van der Waals surface area contributed by atoms with Crippen LogP contribution in [0.1, 0.15) is 63.7 Å². The van der Waals surface area contributed by atoms with Crippen LogP contribution in [0.3, 0.4) is 0 Å². The summed E-state index contributed by atoms with van der Waals surface area (Å²) in [6.45, 7) is 8.23. The third kappa shape index (κ3) is 13.1. The Bertz CT molecular complexity index is 4000. The molecule has 0 amide bonds. The molecule has 0 atom stereocenters. The molecule has 12 aromatic rings. The van der Waals surface area contributed by atoms with E-state index in [1.54, 1.807) is 48.7 Å². The van der Waals surface area contributed by atoms with Crippen LogP contribution in [0.2, 0.25) is 0 Å². The monoisotopic (exact) mass is 1160 g/mol. The average molecular weight is 1160 g/mol. The molecule has 21 heteroatoms. The summed E-state index contributed by atoms with van der Waals surface area (Å²) in [4.78, 5) is 33.6. The zero-order valence-electron chi connectivity index (χ0n) is 48.3. The first-order valence-electron chi connectivity index (χ1n) is 27.2. The maximum atomic E-state index is 12.4. The molecule has 2 N–H and O–H groups in total. The molecule has 8 aromatic carbocycles. The van der Waals surface area contributed by atoms with Crippen LogP contribution in [0.5, 0.6) is 23.5 Å². The number of rotatable bonds is 20. The number of hydrogen-bond acceptors (Lipinski definition) is 15. The fraction of sp³-hybridized carbons (Fsp3) is 0.169. The molecule has 0 aliphatic carbocycles. The van der Waals surface area contributed by atoms with Crippen molar-refractivity contribution in [2.45, 2.75) is 47.0 Å². The van der Waals surface area contributed by atoms with E-state index in [1.807, 2.05) is 156 Å². The van der Waals surface area contributed by atoms with Gasteiger partial charge in [-0.3, -0.25) is 13.9 Å². The Labute approximate surface area is 517 Å². The van der Waals surface area contributed by atoms with E-state index in [2.05, 4.69) is 71.4 Å². The number of fused-ring (bicyclic) bond motifs is 2. The number of para-hydroxylation sites is 2. The van der Waals surface area contributed by atoms with Gasteiger partial charge >= 0.3 is 35.5 Å². The van der Waals surface area contributed by atoms with Crippen molar-refractivity contribution in [2.24, 2.45) is 0 Å². The summed E-state index contributed by atoms with van der Waals surface area (Å²) in [5, 5.41) is 35.0. The second-order valence-electron chi connectivity index (χ2n) is 19.5. The molecule has 0 unspecified atom stereocenters. The molecule has 0 saturated carbocycles. The van der Waals surface area contributed by atoms with E-state index in [0.717, 1.165) is 78.2 Å². The first-order valence-corrected chi connectivity index (χ1v) is 27.2. The molecule has 0 spiro atoms. The van der Waals surface area contributed by atoms with Crippen molar-refractivity contribution < 1.29 is 68.7 Å². The summed E-state index contributed by atoms with van der Waals surface area (Å²) >= 11 is 0. The summed E-state index contributed by atoms with van der Waals surface area (Å²) in [7, 11) is 3.30. The van der Waals surface area contributed by atoms with Gasteiger partial charge in [-0.2, -0.15) is 9.97 Å². The first kappa shape index (κ1) is 60.7. The van der Waals surface area contributed by atoms with E-state index in [0.29, 0.717) is 79.7 Å². The molecular weight excluding hydrogens is 1100 g/mol. The van der Waals surface area contributed by atoms with Gasteiger partial charge < -0.3 is 29.5 Å². The molecule has 0 fully saturated rings. The van der Waals surface area contributed by atoms with Crippen molar-refractivity contribution in [2.75, 3.05) is 27.4 Å². The molecular formula is C65H59N12NaO8. The predicted octanol–water partition coefficient (Wildman–Crippen LogP) is 8.45. The summed E-state index contributed by atoms with van der Waals surface area (Å²) in [6, 6.07) is 59.9. The number of aromatic carboxylic acids is 1. The van der Waals surface area contributed by atoms with E-state index >= 15 is 0 Å². The van der Waals surface area contributed by atoms with Crippen molar-refractivity contribution >= 4 is 33.8 Å². The maximum absolute atomic E-state index is 12.4. The summed E-state index contributed by atoms with van der Waals surface area (Å²) in [6.07, 6.45) is 0. The minimum atomic E-state index is -1.01. The minimum Gasteiger partial charge on any atom is -0.870 e. The van der Waals surface area contributed by atoms with E-state index in [4.69, 9.17) is 18.9 Å². The number of imidazole rings is 2. The zero-order chi connectivity index (χ0) is 58.1. The van der Waals surface area contributed by atoms with Crippen LogP contribution in [0.4, 0.5) is 0 Å². The minimum absolute atomic E-state index is 0. The zero-order valence-corrected chi connectivity index (χ0v) is 50.3. The van der Waals surface area contributed by atoms with Crippen LogP contribution in [0.25, 0.3) is 67.1 Å². The van der Waals surface area contributed by atoms with Crippen molar-refractivity contribution in [1.82, 2.24) is 59.5 Å². The Hall–Kier alpha value is -9.86. The molecule has 0 saturated heterocycles. The van der Waals surface area contributed by atoms with Crippen LogP contribution >= 0.6 is 0 Å². The number of carboxylic acids is 1. The summed E-state index contributed by atoms with van der Waals surface area (Å²) < 4.78 is 29.6. The number of tetrazole rings is 2. The largest absolute Gasteiger partial charge is 1.00 e. The SMILES string of the molecule is CCOc1nc2cccc(C(=O)O)c2n1Cc1ccc(-c2ccccc2-c2nnnn2Cc2ccc(OC)cc2)cc1.CCOc1nc2cccc(C(C)=O)c2n1Cc1ccc(-c2ccccc2-c2nnnn2Cc2ccc(OC)cc2)cc1.[Na+].[OH-]. The third-order valence-electron chi connectivity index (χ3n) is 14.2. The van der Waals surface area contributed by atoms with Gasteiger partial charge in [0.2, 0.25) is 0 Å². The Balaban J connectivity index is 0.000000201. The number of carboxylic acid groups (broad SMARTS) is 1. The average Bonchev–Trinajstić information content (AvgIpc) is 1.96. The van der Waals surface area contributed by atoms with Gasteiger partial charge in [-0.25, -0.2) is 14.2 Å². The molecule has 428 valence electrons. The number of ketones is 1. The van der Waals surface area contributed by atoms with Gasteiger partial charge in [0.25, 0.3) is 12.0 Å². The topological polar surface area (TPSA) is 244 Å². The predicted molar refractivity (Wildman–Crippen MR) is 320 cm³/mol. The molecule has 0 aliphatic heterocycles. The molecule has 12 rings (SSSR count). The van der Waals surface area contributed by atoms with Crippen molar-refractivity contribution in [1.29, 1.82) is 0 Å². The smallest absolute Gasteiger partial charge is 0.870 e. The van der Waals surface area contributed by atoms with Crippen LogP contribution in [-0.2, 0) is 26.2 Å². The number of nitrogens with zero attached hydrogens (tertiary/aromatic N) is 12. The molecule has 0 radical (unpaired) electrons. The number of Topliss-reactive ketones (excluding diaryl/α,β-unsaturated/α-hetero) is 1. The van der Waals surface area contributed by atoms with Crippen LogP contribution in [-0.4, -0.2) is 109 Å². The number of benzene rings is 8.